The number of rotatable bonds is 7. The van der Waals surface area contributed by atoms with Crippen LogP contribution >= 0.6 is 43.5 Å². The van der Waals surface area contributed by atoms with Crippen LogP contribution in [0.15, 0.2) is 49.2 Å². The molecule has 2 aromatic carbocycles. The molecule has 0 radical (unpaired) electrons. The molecule has 2 atom stereocenters. The lowest BCUT2D eigenvalue weighted by atomic mass is 10.1. The van der Waals surface area contributed by atoms with Gasteiger partial charge in [-0.1, -0.05) is 41.4 Å². The van der Waals surface area contributed by atoms with E-state index in [1.54, 1.807) is 24.3 Å². The number of aromatic nitrogens is 2. The number of benzene rings is 2. The summed E-state index contributed by atoms with van der Waals surface area (Å²) in [7, 11) is 0. The van der Waals surface area contributed by atoms with Crippen molar-refractivity contribution in [2.75, 3.05) is 0 Å². The van der Waals surface area contributed by atoms with Gasteiger partial charge in [-0.05, 0) is 59.6 Å². The van der Waals surface area contributed by atoms with E-state index < -0.39 is 12.1 Å². The molecular weight excluding hydrogens is 566 g/mol. The van der Waals surface area contributed by atoms with Crippen LogP contribution in [0.3, 0.4) is 0 Å². The van der Waals surface area contributed by atoms with Crippen molar-refractivity contribution < 1.29 is 14.6 Å². The quantitative estimate of drug-likeness (QED) is 0.353. The fourth-order valence-corrected chi connectivity index (χ4v) is 4.22. The summed E-state index contributed by atoms with van der Waals surface area (Å²) in [6.07, 6.45) is 1.08. The predicted octanol–water partition coefficient (Wildman–Crippen LogP) is 5.82. The number of carboxylic acids is 1. The molecule has 1 aromatic heterocycles. The number of fused-ring (bicyclic) bond motifs is 1. The summed E-state index contributed by atoms with van der Waals surface area (Å²) in [5.41, 5.74) is 0.684. The number of aliphatic carboxylic acids is 1. The molecular formula is C22H20Br2ClN3O4. The standard InChI is InChI=1S/C22H20Br2ClN3O4/c1-4-11(2)20-27-18-6-5-14(23)8-16(18)21(29)28(20)26-10-13-7-15(25)9-17(24)19(13)32-12(3)22(30)31/h5-12H,4H2,1-3H3,(H,30,31)/t11-,12+/m1/s1. The van der Waals surface area contributed by atoms with E-state index in [0.717, 1.165) is 10.9 Å². The van der Waals surface area contributed by atoms with Crippen molar-refractivity contribution >= 4 is 66.5 Å². The Morgan fingerprint density at radius 3 is 2.69 bits per heavy atom. The van der Waals surface area contributed by atoms with Gasteiger partial charge in [-0.3, -0.25) is 4.79 Å². The monoisotopic (exact) mass is 583 g/mol. The van der Waals surface area contributed by atoms with Crippen molar-refractivity contribution in [1.82, 2.24) is 9.66 Å². The van der Waals surface area contributed by atoms with Gasteiger partial charge in [-0.2, -0.15) is 9.78 Å². The molecule has 0 bridgehead atoms. The fourth-order valence-electron chi connectivity index (χ4n) is 2.93. The fraction of sp³-hybridized carbons (Fsp3) is 0.273. The van der Waals surface area contributed by atoms with E-state index in [1.807, 2.05) is 19.9 Å². The Balaban J connectivity index is 2.19. The molecule has 0 unspecified atom stereocenters. The molecule has 1 N–H and O–H groups in total. The average Bonchev–Trinajstić information content (AvgIpc) is 2.74. The van der Waals surface area contributed by atoms with Crippen molar-refractivity contribution in [3.63, 3.8) is 0 Å². The Kier molecular flexibility index (Phi) is 7.74. The predicted molar refractivity (Wildman–Crippen MR) is 132 cm³/mol. The van der Waals surface area contributed by atoms with E-state index in [-0.39, 0.29) is 17.2 Å². The summed E-state index contributed by atoms with van der Waals surface area (Å²) in [4.78, 5) is 29.2. The summed E-state index contributed by atoms with van der Waals surface area (Å²) >= 11 is 12.9. The molecule has 0 aliphatic rings. The third kappa shape index (κ3) is 5.22. The Hall–Kier alpha value is -2.23. The van der Waals surface area contributed by atoms with Gasteiger partial charge in [-0.15, -0.1) is 0 Å². The molecule has 1 heterocycles. The molecule has 168 valence electrons. The van der Waals surface area contributed by atoms with Gasteiger partial charge in [0, 0.05) is 21.0 Å². The highest BCUT2D eigenvalue weighted by Gasteiger charge is 2.19. The highest BCUT2D eigenvalue weighted by molar-refractivity contribution is 9.10. The molecule has 3 rings (SSSR count). The Bertz CT molecular complexity index is 1280. The number of nitrogens with zero attached hydrogens (tertiary/aromatic N) is 3. The van der Waals surface area contributed by atoms with Crippen molar-refractivity contribution in [3.05, 3.63) is 66.0 Å². The Labute approximate surface area is 206 Å². The molecule has 0 spiro atoms. The van der Waals surface area contributed by atoms with Crippen LogP contribution in [-0.2, 0) is 4.79 Å². The molecule has 0 aliphatic heterocycles. The first kappa shape index (κ1) is 24.4. The lowest BCUT2D eigenvalue weighted by molar-refractivity contribution is -0.144. The van der Waals surface area contributed by atoms with Crippen LogP contribution in [0.4, 0.5) is 0 Å². The van der Waals surface area contributed by atoms with Crippen molar-refractivity contribution in [2.45, 2.75) is 39.2 Å². The zero-order valence-electron chi connectivity index (χ0n) is 17.5. The summed E-state index contributed by atoms with van der Waals surface area (Å²) in [5, 5.41) is 14.4. The first-order valence-corrected chi connectivity index (χ1v) is 11.7. The minimum Gasteiger partial charge on any atom is -0.479 e. The number of hydrogen-bond donors (Lipinski definition) is 1. The highest BCUT2D eigenvalue weighted by atomic mass is 79.9. The van der Waals surface area contributed by atoms with Crippen molar-refractivity contribution in [1.29, 1.82) is 0 Å². The third-order valence-corrected chi connectivity index (χ3v) is 6.18. The molecule has 7 nitrogen and oxygen atoms in total. The number of hydrogen-bond acceptors (Lipinski definition) is 5. The van der Waals surface area contributed by atoms with Crippen LogP contribution in [-0.4, -0.2) is 33.1 Å². The zero-order chi connectivity index (χ0) is 23.6. The summed E-state index contributed by atoms with van der Waals surface area (Å²) in [6, 6.07) is 8.50. The van der Waals surface area contributed by atoms with Crippen LogP contribution in [0.25, 0.3) is 10.9 Å². The highest BCUT2D eigenvalue weighted by Crippen LogP contribution is 2.33. The smallest absolute Gasteiger partial charge is 0.344 e. The third-order valence-electron chi connectivity index (χ3n) is 4.88. The zero-order valence-corrected chi connectivity index (χ0v) is 21.4. The maximum Gasteiger partial charge on any atom is 0.344 e. The van der Waals surface area contributed by atoms with Gasteiger partial charge in [0.15, 0.2) is 6.10 Å². The molecule has 0 fully saturated rings. The largest absolute Gasteiger partial charge is 0.479 e. The lowest BCUT2D eigenvalue weighted by Crippen LogP contribution is -2.24. The topological polar surface area (TPSA) is 93.8 Å². The van der Waals surface area contributed by atoms with Crippen LogP contribution in [0.5, 0.6) is 5.75 Å². The maximum absolute atomic E-state index is 13.3. The Morgan fingerprint density at radius 1 is 1.31 bits per heavy atom. The van der Waals surface area contributed by atoms with Gasteiger partial charge in [0.25, 0.3) is 5.56 Å². The molecule has 0 amide bonds. The summed E-state index contributed by atoms with van der Waals surface area (Å²) in [5.74, 6) is -0.371. The van der Waals surface area contributed by atoms with E-state index in [4.69, 9.17) is 16.3 Å². The van der Waals surface area contributed by atoms with Crippen LogP contribution in [0.1, 0.15) is 44.5 Å². The van der Waals surface area contributed by atoms with Gasteiger partial charge in [-0.25, -0.2) is 9.78 Å². The number of ether oxygens (including phenoxy) is 1. The number of carboxylic acid groups (broad SMARTS) is 1. The second-order valence-electron chi connectivity index (χ2n) is 7.21. The molecule has 0 saturated carbocycles. The van der Waals surface area contributed by atoms with Crippen LogP contribution in [0.2, 0.25) is 5.02 Å². The van der Waals surface area contributed by atoms with Crippen molar-refractivity contribution in [2.24, 2.45) is 5.10 Å². The number of halogens is 3. The first-order valence-electron chi connectivity index (χ1n) is 9.77. The van der Waals surface area contributed by atoms with E-state index in [2.05, 4.69) is 41.9 Å². The minimum atomic E-state index is -1.12. The van der Waals surface area contributed by atoms with Gasteiger partial charge in [0.2, 0.25) is 0 Å². The molecule has 3 aromatic rings. The van der Waals surface area contributed by atoms with E-state index >= 15 is 0 Å². The van der Waals surface area contributed by atoms with Crippen LogP contribution < -0.4 is 10.3 Å². The number of carbonyl (C=O) groups is 1. The molecule has 0 aliphatic carbocycles. The first-order chi connectivity index (χ1) is 15.1. The van der Waals surface area contributed by atoms with E-state index in [1.165, 1.54) is 17.8 Å². The minimum absolute atomic E-state index is 0.0262. The van der Waals surface area contributed by atoms with Gasteiger partial charge in [0.05, 0.1) is 21.6 Å². The summed E-state index contributed by atoms with van der Waals surface area (Å²) < 4.78 is 8.08. The Morgan fingerprint density at radius 2 is 2.03 bits per heavy atom. The van der Waals surface area contributed by atoms with Crippen LogP contribution in [0, 0.1) is 0 Å². The molecule has 10 heteroatoms. The van der Waals surface area contributed by atoms with E-state index in [9.17, 15) is 14.7 Å². The van der Waals surface area contributed by atoms with Gasteiger partial charge in [0.1, 0.15) is 11.6 Å². The maximum atomic E-state index is 13.3. The summed E-state index contributed by atoms with van der Waals surface area (Å²) in [6.45, 7) is 5.39. The molecule has 0 saturated heterocycles. The second-order valence-corrected chi connectivity index (χ2v) is 9.41. The van der Waals surface area contributed by atoms with Gasteiger partial charge < -0.3 is 9.84 Å². The average molecular weight is 586 g/mol. The normalized spacial score (nSPS) is 13.4. The second kappa shape index (κ2) is 10.1. The van der Waals surface area contributed by atoms with Crippen molar-refractivity contribution in [3.8, 4) is 5.75 Å². The lowest BCUT2D eigenvalue weighted by Gasteiger charge is -2.16. The van der Waals surface area contributed by atoms with Gasteiger partial charge >= 0.3 is 5.97 Å². The molecule has 32 heavy (non-hydrogen) atoms. The SMILES string of the molecule is CC[C@@H](C)c1nc2ccc(Br)cc2c(=O)n1N=Cc1cc(Cl)cc(Br)c1O[C@@H](C)C(=O)O. The van der Waals surface area contributed by atoms with E-state index in [0.29, 0.717) is 31.8 Å².